The molecule has 1 aromatic rings. The molecule has 0 saturated heterocycles. The SMILES string of the molecule is CC1(C)CCc2c(F)cc(Br)c(F)c2C(O)C1. The lowest BCUT2D eigenvalue weighted by molar-refractivity contribution is 0.113. The van der Waals surface area contributed by atoms with Gasteiger partial charge in [-0.15, -0.1) is 0 Å². The van der Waals surface area contributed by atoms with Gasteiger partial charge in [-0.05, 0) is 52.2 Å². The highest BCUT2D eigenvalue weighted by Gasteiger charge is 2.32. The molecule has 1 unspecified atom stereocenters. The zero-order valence-electron chi connectivity index (χ0n) is 9.86. The second kappa shape index (κ2) is 4.32. The third-order valence-corrected chi connectivity index (χ3v) is 4.02. The number of rotatable bonds is 0. The number of hydrogen-bond acceptors (Lipinski definition) is 1. The van der Waals surface area contributed by atoms with Crippen LogP contribution < -0.4 is 0 Å². The molecule has 0 aliphatic heterocycles. The lowest BCUT2D eigenvalue weighted by atomic mass is 9.84. The summed E-state index contributed by atoms with van der Waals surface area (Å²) in [4.78, 5) is 0. The molecule has 0 aromatic heterocycles. The highest BCUT2D eigenvalue weighted by molar-refractivity contribution is 9.10. The van der Waals surface area contributed by atoms with Crippen LogP contribution in [0.5, 0.6) is 0 Å². The molecular weight excluding hydrogens is 290 g/mol. The fourth-order valence-electron chi connectivity index (χ4n) is 2.44. The molecule has 0 radical (unpaired) electrons. The van der Waals surface area contributed by atoms with E-state index in [9.17, 15) is 13.9 Å². The molecule has 94 valence electrons. The minimum atomic E-state index is -0.936. The van der Waals surface area contributed by atoms with Crippen molar-refractivity contribution in [2.45, 2.75) is 39.2 Å². The van der Waals surface area contributed by atoms with Gasteiger partial charge in [-0.25, -0.2) is 8.78 Å². The van der Waals surface area contributed by atoms with Gasteiger partial charge in [0.1, 0.15) is 11.6 Å². The van der Waals surface area contributed by atoms with E-state index in [2.05, 4.69) is 15.9 Å². The maximum absolute atomic E-state index is 14.0. The number of fused-ring (bicyclic) bond motifs is 1. The zero-order chi connectivity index (χ0) is 12.8. The smallest absolute Gasteiger partial charge is 0.143 e. The topological polar surface area (TPSA) is 20.2 Å². The third kappa shape index (κ3) is 2.38. The predicted octanol–water partition coefficient (Wildman–Crippen LogP) is 4.12. The van der Waals surface area contributed by atoms with Crippen LogP contribution in [0.25, 0.3) is 0 Å². The van der Waals surface area contributed by atoms with E-state index in [-0.39, 0.29) is 15.5 Å². The number of aliphatic hydroxyl groups excluding tert-OH is 1. The Morgan fingerprint density at radius 1 is 1.41 bits per heavy atom. The van der Waals surface area contributed by atoms with Crippen molar-refractivity contribution in [1.82, 2.24) is 0 Å². The standard InChI is InChI=1S/C13H15BrF2O/c1-13(2)4-3-7-9(15)5-8(14)12(16)11(7)10(17)6-13/h5,10,17H,3-4,6H2,1-2H3. The van der Waals surface area contributed by atoms with Crippen molar-refractivity contribution in [3.8, 4) is 0 Å². The highest BCUT2D eigenvalue weighted by Crippen LogP contribution is 2.42. The Hall–Kier alpha value is -0.480. The summed E-state index contributed by atoms with van der Waals surface area (Å²) >= 11 is 2.98. The molecule has 1 atom stereocenters. The summed E-state index contributed by atoms with van der Waals surface area (Å²) in [7, 11) is 0. The van der Waals surface area contributed by atoms with E-state index in [1.807, 2.05) is 13.8 Å². The molecule has 1 aliphatic carbocycles. The largest absolute Gasteiger partial charge is 0.388 e. The van der Waals surface area contributed by atoms with Crippen molar-refractivity contribution < 1.29 is 13.9 Å². The quantitative estimate of drug-likeness (QED) is 0.564. The summed E-state index contributed by atoms with van der Waals surface area (Å²) in [5.74, 6) is -0.975. The molecule has 1 aliphatic rings. The second-order valence-electron chi connectivity index (χ2n) is 5.43. The molecule has 4 heteroatoms. The molecule has 1 N–H and O–H groups in total. The van der Waals surface area contributed by atoms with Gasteiger partial charge in [-0.1, -0.05) is 13.8 Å². The third-order valence-electron chi connectivity index (χ3n) is 3.44. The molecule has 0 saturated carbocycles. The average Bonchev–Trinajstić information content (AvgIpc) is 2.31. The van der Waals surface area contributed by atoms with Crippen LogP contribution in [0.15, 0.2) is 10.5 Å². The molecule has 0 bridgehead atoms. The van der Waals surface area contributed by atoms with Crippen molar-refractivity contribution >= 4 is 15.9 Å². The zero-order valence-corrected chi connectivity index (χ0v) is 11.4. The first-order valence-electron chi connectivity index (χ1n) is 5.66. The Labute approximate surface area is 108 Å². The normalized spacial score (nSPS) is 23.1. The maximum Gasteiger partial charge on any atom is 0.143 e. The molecule has 0 amide bonds. The second-order valence-corrected chi connectivity index (χ2v) is 6.28. The van der Waals surface area contributed by atoms with Crippen molar-refractivity contribution in [2.24, 2.45) is 5.41 Å². The number of hydrogen-bond donors (Lipinski definition) is 1. The molecule has 0 spiro atoms. The summed E-state index contributed by atoms with van der Waals surface area (Å²) in [6.07, 6.45) is 0.728. The molecule has 1 aromatic carbocycles. The average molecular weight is 305 g/mol. The number of halogens is 3. The van der Waals surface area contributed by atoms with Crippen LogP contribution in [0.3, 0.4) is 0 Å². The molecular formula is C13H15BrF2O. The van der Waals surface area contributed by atoms with Gasteiger partial charge in [-0.3, -0.25) is 0 Å². The van der Waals surface area contributed by atoms with Crippen LogP contribution in [-0.2, 0) is 6.42 Å². The van der Waals surface area contributed by atoms with Crippen molar-refractivity contribution in [2.75, 3.05) is 0 Å². The Kier molecular flexibility index (Phi) is 3.29. The molecule has 0 heterocycles. The van der Waals surface area contributed by atoms with E-state index in [1.165, 1.54) is 0 Å². The highest BCUT2D eigenvalue weighted by atomic mass is 79.9. The van der Waals surface area contributed by atoms with E-state index in [1.54, 1.807) is 0 Å². The first-order valence-corrected chi connectivity index (χ1v) is 6.45. The predicted molar refractivity (Wildman–Crippen MR) is 65.7 cm³/mol. The van der Waals surface area contributed by atoms with Crippen molar-refractivity contribution in [1.29, 1.82) is 0 Å². The van der Waals surface area contributed by atoms with Crippen molar-refractivity contribution in [3.63, 3.8) is 0 Å². The maximum atomic E-state index is 14.0. The summed E-state index contributed by atoms with van der Waals surface area (Å²) in [5, 5.41) is 10.1. The van der Waals surface area contributed by atoms with Gasteiger partial charge in [0.25, 0.3) is 0 Å². The van der Waals surface area contributed by atoms with E-state index in [4.69, 9.17) is 0 Å². The Morgan fingerprint density at radius 3 is 2.71 bits per heavy atom. The van der Waals surface area contributed by atoms with Crippen molar-refractivity contribution in [3.05, 3.63) is 33.3 Å². The number of aliphatic hydroxyl groups is 1. The fourth-order valence-corrected chi connectivity index (χ4v) is 2.86. The molecule has 17 heavy (non-hydrogen) atoms. The van der Waals surface area contributed by atoms with Crippen LogP contribution in [0.2, 0.25) is 0 Å². The van der Waals surface area contributed by atoms with Crippen LogP contribution in [0, 0.1) is 17.0 Å². The van der Waals surface area contributed by atoms with Crippen LogP contribution >= 0.6 is 15.9 Å². The lowest BCUT2D eigenvalue weighted by Crippen LogP contribution is -2.14. The fraction of sp³-hybridized carbons (Fsp3) is 0.538. The van der Waals surface area contributed by atoms with Gasteiger partial charge in [-0.2, -0.15) is 0 Å². The Morgan fingerprint density at radius 2 is 2.06 bits per heavy atom. The molecule has 1 nitrogen and oxygen atoms in total. The van der Waals surface area contributed by atoms with Crippen LogP contribution in [0.1, 0.15) is 43.9 Å². The van der Waals surface area contributed by atoms with Gasteiger partial charge >= 0.3 is 0 Å². The van der Waals surface area contributed by atoms with E-state index < -0.39 is 17.7 Å². The first kappa shape index (κ1) is 13.0. The van der Waals surface area contributed by atoms with E-state index >= 15 is 0 Å². The van der Waals surface area contributed by atoms with Gasteiger partial charge in [0, 0.05) is 5.56 Å². The van der Waals surface area contributed by atoms with Gasteiger partial charge in [0.2, 0.25) is 0 Å². The monoisotopic (exact) mass is 304 g/mol. The lowest BCUT2D eigenvalue weighted by Gasteiger charge is -2.24. The summed E-state index contributed by atoms with van der Waals surface area (Å²) in [5.41, 5.74) is 0.343. The molecule has 2 rings (SSSR count). The first-order chi connectivity index (χ1) is 7.82. The Balaban J connectivity index is 2.59. The van der Waals surface area contributed by atoms with E-state index in [0.29, 0.717) is 18.4 Å². The molecule has 0 fully saturated rings. The minimum absolute atomic E-state index is 0.0764. The number of benzene rings is 1. The van der Waals surface area contributed by atoms with E-state index in [0.717, 1.165) is 12.5 Å². The van der Waals surface area contributed by atoms with Gasteiger partial charge in [0.15, 0.2) is 0 Å². The van der Waals surface area contributed by atoms with Gasteiger partial charge in [0.05, 0.1) is 10.6 Å². The van der Waals surface area contributed by atoms with Gasteiger partial charge < -0.3 is 5.11 Å². The summed E-state index contributed by atoms with van der Waals surface area (Å²) < 4.78 is 27.9. The summed E-state index contributed by atoms with van der Waals surface area (Å²) in [6, 6.07) is 1.14. The Bertz CT molecular complexity index is 457. The summed E-state index contributed by atoms with van der Waals surface area (Å²) in [6.45, 7) is 4.01. The van der Waals surface area contributed by atoms with Crippen LogP contribution in [-0.4, -0.2) is 5.11 Å². The minimum Gasteiger partial charge on any atom is -0.388 e. The van der Waals surface area contributed by atoms with Crippen LogP contribution in [0.4, 0.5) is 8.78 Å².